The van der Waals surface area contributed by atoms with Crippen molar-refractivity contribution in [2.24, 2.45) is 65.1 Å². The van der Waals surface area contributed by atoms with Crippen molar-refractivity contribution in [3.8, 4) is 0 Å². The Hall–Kier alpha value is -3.38. The Morgan fingerprint density at radius 3 is 1.78 bits per heavy atom. The molecule has 2 aromatic carbocycles. The van der Waals surface area contributed by atoms with Crippen LogP contribution in [0.2, 0.25) is 0 Å². The maximum absolute atomic E-state index is 12.9. The summed E-state index contributed by atoms with van der Waals surface area (Å²) in [6, 6.07) is 12.3. The van der Waals surface area contributed by atoms with Crippen LogP contribution in [0.3, 0.4) is 0 Å². The molecule has 2 heterocycles. The minimum absolute atomic E-state index is 0. The summed E-state index contributed by atoms with van der Waals surface area (Å²) in [5.74, 6) is -0.930. The number of carbonyl (C=O) groups is 4. The highest BCUT2D eigenvalue weighted by Crippen LogP contribution is 2.61. The predicted molar refractivity (Wildman–Crippen MR) is 183 cm³/mol. The maximum Gasteiger partial charge on any atom is 0.276 e. The number of fused-ring (bicyclic) bond motifs is 8. The molecule has 2 aromatic rings. The van der Waals surface area contributed by atoms with Gasteiger partial charge in [-0.25, -0.2) is 16.8 Å². The molecular weight excluding hydrogens is 665 g/mol. The molecule has 5 fully saturated rings. The molecule has 10 nitrogen and oxygen atoms in total. The first-order valence-electron chi connectivity index (χ1n) is 16.5. The summed E-state index contributed by atoms with van der Waals surface area (Å²) in [7, 11) is -8.16. The van der Waals surface area contributed by atoms with Gasteiger partial charge in [0.15, 0.2) is 0 Å². The molecule has 2 aliphatic heterocycles. The van der Waals surface area contributed by atoms with Crippen molar-refractivity contribution in [3.63, 3.8) is 0 Å². The lowest BCUT2D eigenvalue weighted by molar-refractivity contribution is -0.135. The number of benzene rings is 2. The average Bonchev–Trinajstić information content (AvgIpc) is 3.84. The fourth-order valence-corrected chi connectivity index (χ4v) is 12.9. The largest absolute Gasteiger partial charge is 0.276 e. The van der Waals surface area contributed by atoms with Crippen molar-refractivity contribution in [2.75, 3.05) is 0 Å². The molecule has 0 N–H and O–H groups in total. The van der Waals surface area contributed by atoms with Crippen LogP contribution in [0.15, 0.2) is 58.3 Å². The number of carbonyl (C=O) groups excluding carboxylic acids is 4. The van der Waals surface area contributed by atoms with Crippen LogP contribution >= 0.6 is 0 Å². The standard InChI is InChI=1S/C18H21NO4S.C17H19NO4S.2CH4/c1-9-4-6-12(7-5-9)24(22,23)19-17(20)15-13-8-14(11(3)10(13)2)16(15)18(19)21;1-9-10(2)13-7-11(9)8-14(13)17(20)18-16(19)12-5-3-4-6-15(12)23(18,21)22;;/h4-7,10-11,13-16H,8H2,1-3H3;3-6,9-11,13-14H,7-8H2,1-2H3;2*1H4. The van der Waals surface area contributed by atoms with Crippen molar-refractivity contribution in [2.45, 2.75) is 78.5 Å². The number of imide groups is 2. The van der Waals surface area contributed by atoms with Crippen LogP contribution < -0.4 is 0 Å². The molecule has 49 heavy (non-hydrogen) atoms. The van der Waals surface area contributed by atoms with Gasteiger partial charge in [0.2, 0.25) is 17.7 Å². The third-order valence-corrected chi connectivity index (χ3v) is 16.2. The summed E-state index contributed by atoms with van der Waals surface area (Å²) in [6.07, 6.45) is 2.53. The molecule has 4 saturated carbocycles. The number of sulfonamides is 2. The first-order chi connectivity index (χ1) is 22.1. The molecule has 266 valence electrons. The minimum atomic E-state index is -4.12. The Balaban J connectivity index is 0.000000184. The molecule has 0 radical (unpaired) electrons. The van der Waals surface area contributed by atoms with Crippen LogP contribution in [0.4, 0.5) is 0 Å². The van der Waals surface area contributed by atoms with E-state index < -0.39 is 55.5 Å². The van der Waals surface area contributed by atoms with Crippen LogP contribution in [-0.2, 0) is 34.4 Å². The van der Waals surface area contributed by atoms with Gasteiger partial charge in [0, 0.05) is 5.92 Å². The lowest BCUT2D eigenvalue weighted by Gasteiger charge is -2.32. The van der Waals surface area contributed by atoms with Gasteiger partial charge in [-0.3, -0.25) is 19.2 Å². The fourth-order valence-electron chi connectivity index (χ4n) is 9.89. The number of rotatable bonds is 3. The Labute approximate surface area is 290 Å². The van der Waals surface area contributed by atoms with Gasteiger partial charge in [0.1, 0.15) is 4.90 Å². The Kier molecular flexibility index (Phi) is 9.36. The van der Waals surface area contributed by atoms with E-state index in [1.165, 1.54) is 24.3 Å². The zero-order chi connectivity index (χ0) is 33.9. The molecule has 0 aromatic heterocycles. The van der Waals surface area contributed by atoms with Crippen LogP contribution in [0.5, 0.6) is 0 Å². The number of amides is 4. The molecule has 6 aliphatic rings. The number of nitrogens with zero attached hydrogens (tertiary/aromatic N) is 2. The van der Waals surface area contributed by atoms with Gasteiger partial charge >= 0.3 is 0 Å². The smallest absolute Gasteiger partial charge is 0.273 e. The summed E-state index contributed by atoms with van der Waals surface area (Å²) in [5, 5.41) is 0. The van der Waals surface area contributed by atoms with Crippen molar-refractivity contribution in [1.82, 2.24) is 8.61 Å². The predicted octanol–water partition coefficient (Wildman–Crippen LogP) is 5.76. The van der Waals surface area contributed by atoms with Crippen molar-refractivity contribution in [1.29, 1.82) is 0 Å². The highest BCUT2D eigenvalue weighted by molar-refractivity contribution is 7.91. The van der Waals surface area contributed by atoms with Gasteiger partial charge in [-0.1, -0.05) is 72.4 Å². The Bertz CT molecular complexity index is 1890. The van der Waals surface area contributed by atoms with Gasteiger partial charge in [0.25, 0.3) is 26.0 Å². The highest BCUT2D eigenvalue weighted by atomic mass is 32.2. The molecule has 4 amide bonds. The Morgan fingerprint density at radius 2 is 1.27 bits per heavy atom. The zero-order valence-corrected chi connectivity index (χ0v) is 28.7. The van der Waals surface area contributed by atoms with E-state index in [1.807, 2.05) is 6.92 Å². The van der Waals surface area contributed by atoms with E-state index in [2.05, 4.69) is 27.7 Å². The molecule has 11 atom stereocenters. The minimum Gasteiger partial charge on any atom is -0.273 e. The molecule has 11 unspecified atom stereocenters. The first kappa shape index (κ1) is 36.9. The van der Waals surface area contributed by atoms with Crippen molar-refractivity contribution in [3.05, 3.63) is 59.7 Å². The second kappa shape index (κ2) is 12.4. The quantitative estimate of drug-likeness (QED) is 0.366. The van der Waals surface area contributed by atoms with Crippen LogP contribution in [0, 0.1) is 72.0 Å². The molecular formula is C37H48N2O8S2. The maximum atomic E-state index is 12.9. The molecule has 4 bridgehead atoms. The molecule has 1 saturated heterocycles. The second-order valence-corrected chi connectivity index (χ2v) is 18.3. The van der Waals surface area contributed by atoms with Gasteiger partial charge < -0.3 is 0 Å². The van der Waals surface area contributed by atoms with E-state index >= 15 is 0 Å². The van der Waals surface area contributed by atoms with E-state index in [-0.39, 0.29) is 53.9 Å². The number of aryl methyl sites for hydroxylation is 1. The normalized spacial score (nSPS) is 36.1. The van der Waals surface area contributed by atoms with Gasteiger partial charge in [0.05, 0.1) is 22.3 Å². The molecule has 12 heteroatoms. The summed E-state index contributed by atoms with van der Waals surface area (Å²) in [4.78, 5) is 51.1. The van der Waals surface area contributed by atoms with Gasteiger partial charge in [-0.2, -0.15) is 8.61 Å². The number of hydrogen-bond acceptors (Lipinski definition) is 8. The van der Waals surface area contributed by atoms with E-state index in [9.17, 15) is 36.0 Å². The monoisotopic (exact) mass is 712 g/mol. The zero-order valence-electron chi connectivity index (χ0n) is 27.1. The lowest BCUT2D eigenvalue weighted by atomic mass is 9.70. The lowest BCUT2D eigenvalue weighted by Crippen LogP contribution is -2.43. The second-order valence-electron chi connectivity index (χ2n) is 14.7. The van der Waals surface area contributed by atoms with Crippen LogP contribution in [-0.4, -0.2) is 49.1 Å². The summed E-state index contributed by atoms with van der Waals surface area (Å²) >= 11 is 0. The SMILES string of the molecule is C.C.CC1C2CC(C(=O)N3C(=O)c4ccccc4S3(=O)=O)C(C2)C1C.Cc1ccc(S(=O)(=O)N2C(=O)C3C4CC(C(C)C4C)C3C2=O)cc1. The summed E-state index contributed by atoms with van der Waals surface area (Å²) in [6.45, 7) is 10.4. The summed E-state index contributed by atoms with van der Waals surface area (Å²) in [5.41, 5.74) is 1.02. The number of hydrogen-bond donors (Lipinski definition) is 0. The third kappa shape index (κ3) is 5.14. The van der Waals surface area contributed by atoms with Crippen LogP contribution in [0.1, 0.15) is 77.7 Å². The molecule has 8 rings (SSSR count). The van der Waals surface area contributed by atoms with Crippen LogP contribution in [0.25, 0.3) is 0 Å². The Morgan fingerprint density at radius 1 is 0.735 bits per heavy atom. The van der Waals surface area contributed by atoms with E-state index in [4.69, 9.17) is 0 Å². The third-order valence-electron chi connectivity index (χ3n) is 12.8. The molecule has 0 spiro atoms. The average molecular weight is 713 g/mol. The van der Waals surface area contributed by atoms with E-state index in [1.54, 1.807) is 24.3 Å². The van der Waals surface area contributed by atoms with Crippen molar-refractivity contribution >= 4 is 43.7 Å². The highest BCUT2D eigenvalue weighted by Gasteiger charge is 2.67. The van der Waals surface area contributed by atoms with E-state index in [0.29, 0.717) is 44.6 Å². The fraction of sp³-hybridized carbons (Fsp3) is 0.568. The van der Waals surface area contributed by atoms with E-state index in [0.717, 1.165) is 18.4 Å². The topological polar surface area (TPSA) is 143 Å². The molecule has 4 aliphatic carbocycles. The van der Waals surface area contributed by atoms with Gasteiger partial charge in [-0.05, 0) is 97.8 Å². The summed E-state index contributed by atoms with van der Waals surface area (Å²) < 4.78 is 52.1. The van der Waals surface area contributed by atoms with Crippen molar-refractivity contribution < 1.29 is 36.0 Å². The van der Waals surface area contributed by atoms with Gasteiger partial charge in [-0.15, -0.1) is 0 Å². The first-order valence-corrected chi connectivity index (χ1v) is 19.4.